The minimum absolute atomic E-state index is 0.253. The maximum Gasteiger partial charge on any atom is 0.433 e. The zero-order chi connectivity index (χ0) is 15.3. The zero-order valence-electron chi connectivity index (χ0n) is 11.7. The van der Waals surface area contributed by atoms with Crippen LogP contribution in [-0.4, -0.2) is 45.6 Å². The van der Waals surface area contributed by atoms with Gasteiger partial charge in [0.25, 0.3) is 0 Å². The third-order valence-corrected chi connectivity index (χ3v) is 5.50. The largest absolute Gasteiger partial charge is 0.433 e. The van der Waals surface area contributed by atoms with E-state index in [9.17, 15) is 13.2 Å². The summed E-state index contributed by atoms with van der Waals surface area (Å²) in [5.74, 6) is 4.69. The minimum Gasteiger partial charge on any atom is -0.312 e. The van der Waals surface area contributed by atoms with Crippen LogP contribution >= 0.6 is 23.5 Å². The molecular formula is C13H18F3N3S2. The van der Waals surface area contributed by atoms with E-state index in [1.54, 1.807) is 6.92 Å². The Balaban J connectivity index is 1.89. The topological polar surface area (TPSA) is 37.8 Å². The number of nitrogens with zero attached hydrogens (tertiary/aromatic N) is 2. The van der Waals surface area contributed by atoms with Crippen LogP contribution in [0.4, 0.5) is 13.2 Å². The van der Waals surface area contributed by atoms with E-state index in [-0.39, 0.29) is 5.82 Å². The molecule has 0 unspecified atom stereocenters. The maximum atomic E-state index is 12.7. The lowest BCUT2D eigenvalue weighted by Crippen LogP contribution is -2.35. The number of thioether (sulfide) groups is 2. The quantitative estimate of drug-likeness (QED) is 0.914. The third-order valence-electron chi connectivity index (χ3n) is 2.98. The Morgan fingerprint density at radius 2 is 1.90 bits per heavy atom. The Labute approximate surface area is 130 Å². The van der Waals surface area contributed by atoms with Crippen molar-refractivity contribution in [2.75, 3.05) is 29.6 Å². The van der Waals surface area contributed by atoms with Crippen LogP contribution in [0.2, 0.25) is 0 Å². The number of rotatable bonds is 4. The van der Waals surface area contributed by atoms with E-state index in [2.05, 4.69) is 15.3 Å². The molecule has 0 aromatic carbocycles. The van der Waals surface area contributed by atoms with Crippen LogP contribution in [0.25, 0.3) is 0 Å². The highest BCUT2D eigenvalue weighted by Crippen LogP contribution is 2.27. The van der Waals surface area contributed by atoms with Crippen molar-refractivity contribution in [2.45, 2.75) is 25.6 Å². The summed E-state index contributed by atoms with van der Waals surface area (Å²) < 4.78 is 38.1. The molecule has 2 heterocycles. The fraction of sp³-hybridized carbons (Fsp3) is 0.692. The molecule has 0 atom stereocenters. The van der Waals surface area contributed by atoms with Gasteiger partial charge in [0.15, 0.2) is 0 Å². The summed E-state index contributed by atoms with van der Waals surface area (Å²) in [6.07, 6.45) is -4.00. The summed E-state index contributed by atoms with van der Waals surface area (Å²) in [6.45, 7) is 2.17. The fourth-order valence-corrected chi connectivity index (χ4v) is 4.48. The van der Waals surface area contributed by atoms with Crippen molar-refractivity contribution in [1.29, 1.82) is 0 Å². The van der Waals surface area contributed by atoms with Gasteiger partial charge in [-0.05, 0) is 13.0 Å². The SMILES string of the molecule is Cc1cc(C(F)(F)F)nc(CCNC2CSCCSC2)n1. The second kappa shape index (κ2) is 7.69. The number of alkyl halides is 3. The predicted octanol–water partition coefficient (Wildman–Crippen LogP) is 2.78. The van der Waals surface area contributed by atoms with Crippen LogP contribution in [0.5, 0.6) is 0 Å². The van der Waals surface area contributed by atoms with E-state index >= 15 is 0 Å². The van der Waals surface area contributed by atoms with Crippen molar-refractivity contribution >= 4 is 23.5 Å². The molecule has 118 valence electrons. The van der Waals surface area contributed by atoms with E-state index in [1.807, 2.05) is 23.5 Å². The Morgan fingerprint density at radius 3 is 2.52 bits per heavy atom. The molecule has 0 spiro atoms. The molecule has 1 N–H and O–H groups in total. The summed E-state index contributed by atoms with van der Waals surface area (Å²) in [7, 11) is 0. The number of aryl methyl sites for hydroxylation is 1. The molecule has 1 aliphatic heterocycles. The number of halogens is 3. The minimum atomic E-state index is -4.41. The van der Waals surface area contributed by atoms with E-state index in [1.165, 1.54) is 11.5 Å². The summed E-state index contributed by atoms with van der Waals surface area (Å²) in [5.41, 5.74) is -0.501. The van der Waals surface area contributed by atoms with Crippen molar-refractivity contribution in [1.82, 2.24) is 15.3 Å². The Morgan fingerprint density at radius 1 is 1.24 bits per heavy atom. The molecule has 21 heavy (non-hydrogen) atoms. The molecule has 1 aromatic heterocycles. The Bertz CT molecular complexity index is 460. The van der Waals surface area contributed by atoms with Crippen molar-refractivity contribution in [3.63, 3.8) is 0 Å². The summed E-state index contributed by atoms with van der Waals surface area (Å²) in [4.78, 5) is 7.71. The first-order valence-corrected chi connectivity index (χ1v) is 9.07. The second-order valence-electron chi connectivity index (χ2n) is 4.86. The standard InChI is InChI=1S/C13H18F3N3S2/c1-9-6-11(13(14,15)16)19-12(18-9)2-3-17-10-7-20-4-5-21-8-10/h6,10,17H,2-5,7-8H2,1H3. The van der Waals surface area contributed by atoms with Gasteiger partial charge in [-0.1, -0.05) is 0 Å². The molecule has 1 aliphatic rings. The first kappa shape index (κ1) is 16.9. The van der Waals surface area contributed by atoms with Gasteiger partial charge in [0, 0.05) is 47.7 Å². The highest BCUT2D eigenvalue weighted by atomic mass is 32.2. The zero-order valence-corrected chi connectivity index (χ0v) is 13.4. The summed E-state index contributed by atoms with van der Waals surface area (Å²) in [5, 5.41) is 3.38. The van der Waals surface area contributed by atoms with Gasteiger partial charge in [-0.2, -0.15) is 36.7 Å². The van der Waals surface area contributed by atoms with E-state index < -0.39 is 11.9 Å². The highest BCUT2D eigenvalue weighted by molar-refractivity contribution is 8.03. The van der Waals surface area contributed by atoms with Gasteiger partial charge in [0.05, 0.1) is 0 Å². The highest BCUT2D eigenvalue weighted by Gasteiger charge is 2.33. The average molecular weight is 337 g/mol. The monoisotopic (exact) mass is 337 g/mol. The lowest BCUT2D eigenvalue weighted by Gasteiger charge is -2.15. The van der Waals surface area contributed by atoms with Crippen molar-refractivity contribution < 1.29 is 13.2 Å². The predicted molar refractivity (Wildman–Crippen MR) is 81.9 cm³/mol. The first-order valence-electron chi connectivity index (χ1n) is 6.76. The molecule has 0 bridgehead atoms. The molecule has 0 radical (unpaired) electrons. The van der Waals surface area contributed by atoms with Crippen molar-refractivity contribution in [3.8, 4) is 0 Å². The van der Waals surface area contributed by atoms with Gasteiger partial charge < -0.3 is 5.32 Å². The summed E-state index contributed by atoms with van der Waals surface area (Å²) in [6, 6.07) is 1.39. The molecule has 1 aromatic rings. The van der Waals surface area contributed by atoms with Crippen LogP contribution in [0.1, 0.15) is 17.2 Å². The molecule has 0 aliphatic carbocycles. The van der Waals surface area contributed by atoms with E-state index in [4.69, 9.17) is 0 Å². The normalized spacial score (nSPS) is 17.7. The molecular weight excluding hydrogens is 319 g/mol. The van der Waals surface area contributed by atoms with Crippen LogP contribution in [0.15, 0.2) is 6.07 Å². The van der Waals surface area contributed by atoms with Crippen LogP contribution in [0, 0.1) is 6.92 Å². The van der Waals surface area contributed by atoms with Crippen LogP contribution in [0.3, 0.4) is 0 Å². The maximum absolute atomic E-state index is 12.7. The fourth-order valence-electron chi connectivity index (χ4n) is 2.01. The van der Waals surface area contributed by atoms with Gasteiger partial charge in [0.2, 0.25) is 0 Å². The number of aromatic nitrogens is 2. The molecule has 0 amide bonds. The Kier molecular flexibility index (Phi) is 6.19. The molecule has 3 nitrogen and oxygen atoms in total. The Hall–Kier alpha value is -0.470. The first-order chi connectivity index (χ1) is 9.95. The average Bonchev–Trinajstić information content (AvgIpc) is 2.66. The molecule has 1 saturated heterocycles. The van der Waals surface area contributed by atoms with Gasteiger partial charge in [0.1, 0.15) is 11.5 Å². The number of nitrogens with one attached hydrogen (secondary N) is 1. The van der Waals surface area contributed by atoms with Crippen molar-refractivity contribution in [3.05, 3.63) is 23.3 Å². The lowest BCUT2D eigenvalue weighted by molar-refractivity contribution is -0.141. The molecule has 8 heteroatoms. The van der Waals surface area contributed by atoms with E-state index in [0.29, 0.717) is 24.7 Å². The van der Waals surface area contributed by atoms with Crippen LogP contribution < -0.4 is 5.32 Å². The summed E-state index contributed by atoms with van der Waals surface area (Å²) >= 11 is 3.83. The molecule has 0 saturated carbocycles. The van der Waals surface area contributed by atoms with E-state index in [0.717, 1.165) is 17.6 Å². The number of hydrogen-bond donors (Lipinski definition) is 1. The van der Waals surface area contributed by atoms with Crippen LogP contribution in [-0.2, 0) is 12.6 Å². The second-order valence-corrected chi connectivity index (χ2v) is 7.16. The smallest absolute Gasteiger partial charge is 0.312 e. The van der Waals surface area contributed by atoms with Crippen molar-refractivity contribution in [2.24, 2.45) is 0 Å². The van der Waals surface area contributed by atoms with Gasteiger partial charge in [-0.15, -0.1) is 0 Å². The van der Waals surface area contributed by atoms with Gasteiger partial charge in [-0.3, -0.25) is 0 Å². The molecule has 1 fully saturated rings. The lowest BCUT2D eigenvalue weighted by atomic mass is 10.3. The van der Waals surface area contributed by atoms with Gasteiger partial charge >= 0.3 is 6.18 Å². The number of hydrogen-bond acceptors (Lipinski definition) is 5. The third kappa shape index (κ3) is 5.67. The van der Waals surface area contributed by atoms with Gasteiger partial charge in [-0.25, -0.2) is 9.97 Å². The molecule has 2 rings (SSSR count).